The predicted molar refractivity (Wildman–Crippen MR) is 81.8 cm³/mol. The fourth-order valence-electron chi connectivity index (χ4n) is 3.38. The lowest BCUT2D eigenvalue weighted by molar-refractivity contribution is -0.135. The van der Waals surface area contributed by atoms with Gasteiger partial charge in [0.15, 0.2) is 17.5 Å². The highest BCUT2D eigenvalue weighted by Gasteiger charge is 2.38. The molecule has 0 aliphatic carbocycles. The molecule has 130 valence electrons. The van der Waals surface area contributed by atoms with Gasteiger partial charge in [0.25, 0.3) is 0 Å². The van der Waals surface area contributed by atoms with Crippen LogP contribution in [0.4, 0.5) is 18.9 Å². The number of benzene rings is 1. The molecule has 1 unspecified atom stereocenters. The van der Waals surface area contributed by atoms with E-state index in [9.17, 15) is 22.8 Å². The summed E-state index contributed by atoms with van der Waals surface area (Å²) in [7, 11) is 0. The third-order valence-electron chi connectivity index (χ3n) is 4.70. The largest absolute Gasteiger partial charge is 0.342 e. The lowest BCUT2D eigenvalue weighted by Gasteiger charge is -2.24. The number of anilines is 1. The Morgan fingerprint density at radius 3 is 2.33 bits per heavy atom. The van der Waals surface area contributed by atoms with Crippen LogP contribution < -0.4 is 4.90 Å². The zero-order valence-electron chi connectivity index (χ0n) is 13.2. The van der Waals surface area contributed by atoms with Crippen molar-refractivity contribution in [1.29, 1.82) is 0 Å². The molecule has 2 saturated heterocycles. The van der Waals surface area contributed by atoms with E-state index in [0.717, 1.165) is 42.7 Å². The van der Waals surface area contributed by atoms with Crippen molar-refractivity contribution in [3.05, 3.63) is 29.6 Å². The van der Waals surface area contributed by atoms with E-state index in [4.69, 9.17) is 0 Å². The Morgan fingerprint density at radius 2 is 1.67 bits per heavy atom. The van der Waals surface area contributed by atoms with E-state index in [-0.39, 0.29) is 24.6 Å². The molecule has 7 heteroatoms. The van der Waals surface area contributed by atoms with E-state index in [1.54, 1.807) is 4.90 Å². The fourth-order valence-corrected chi connectivity index (χ4v) is 3.38. The minimum Gasteiger partial charge on any atom is -0.342 e. The summed E-state index contributed by atoms with van der Waals surface area (Å²) in [6, 6.07) is 1.81. The van der Waals surface area contributed by atoms with Crippen LogP contribution in [0.3, 0.4) is 0 Å². The highest BCUT2D eigenvalue weighted by Crippen LogP contribution is 2.30. The first kappa shape index (κ1) is 16.8. The van der Waals surface area contributed by atoms with Crippen molar-refractivity contribution in [3.63, 3.8) is 0 Å². The summed E-state index contributed by atoms with van der Waals surface area (Å²) in [4.78, 5) is 27.6. The third-order valence-corrected chi connectivity index (χ3v) is 4.70. The number of hydrogen-bond acceptors (Lipinski definition) is 2. The van der Waals surface area contributed by atoms with Crippen molar-refractivity contribution in [2.75, 3.05) is 24.5 Å². The molecule has 0 spiro atoms. The molecule has 0 N–H and O–H groups in total. The lowest BCUT2D eigenvalue weighted by atomic mass is 10.1. The lowest BCUT2D eigenvalue weighted by Crippen LogP contribution is -2.38. The molecule has 0 radical (unpaired) electrons. The first-order valence-electron chi connectivity index (χ1n) is 8.21. The zero-order chi connectivity index (χ0) is 17.3. The fraction of sp³-hybridized carbons (Fsp3) is 0.529. The van der Waals surface area contributed by atoms with Crippen LogP contribution in [0.1, 0.15) is 32.1 Å². The maximum atomic E-state index is 13.9. The first-order valence-corrected chi connectivity index (χ1v) is 8.21. The van der Waals surface area contributed by atoms with Gasteiger partial charge in [-0.25, -0.2) is 13.2 Å². The minimum absolute atomic E-state index is 0.00381. The molecule has 2 aliphatic heterocycles. The number of hydrogen-bond donors (Lipinski definition) is 0. The van der Waals surface area contributed by atoms with Crippen LogP contribution in [0.5, 0.6) is 0 Å². The molecule has 4 nitrogen and oxygen atoms in total. The maximum Gasteiger partial charge on any atom is 0.228 e. The second-order valence-electron chi connectivity index (χ2n) is 6.34. The van der Waals surface area contributed by atoms with E-state index >= 15 is 0 Å². The van der Waals surface area contributed by atoms with E-state index in [1.807, 2.05) is 0 Å². The molecule has 0 aromatic heterocycles. The molecule has 1 aromatic carbocycles. The van der Waals surface area contributed by atoms with Crippen LogP contribution in [0.2, 0.25) is 0 Å². The van der Waals surface area contributed by atoms with Crippen molar-refractivity contribution in [2.45, 2.75) is 32.1 Å². The van der Waals surface area contributed by atoms with Crippen molar-refractivity contribution >= 4 is 17.5 Å². The second kappa shape index (κ2) is 6.83. The van der Waals surface area contributed by atoms with Gasteiger partial charge in [0.1, 0.15) is 0 Å². The van der Waals surface area contributed by atoms with Crippen molar-refractivity contribution in [1.82, 2.24) is 4.90 Å². The van der Waals surface area contributed by atoms with Gasteiger partial charge < -0.3 is 9.80 Å². The molecular weight excluding hydrogens is 321 g/mol. The summed E-state index contributed by atoms with van der Waals surface area (Å²) in [5.41, 5.74) is -0.315. The van der Waals surface area contributed by atoms with Gasteiger partial charge in [-0.2, -0.15) is 0 Å². The molecule has 2 aliphatic rings. The predicted octanol–water partition coefficient (Wildman–Crippen LogP) is 2.86. The van der Waals surface area contributed by atoms with Gasteiger partial charge in [-0.1, -0.05) is 12.8 Å². The smallest absolute Gasteiger partial charge is 0.228 e. The Bertz CT molecular complexity index is 657. The van der Waals surface area contributed by atoms with E-state index in [2.05, 4.69) is 0 Å². The van der Waals surface area contributed by atoms with Crippen LogP contribution in [0.15, 0.2) is 12.1 Å². The maximum absolute atomic E-state index is 13.9. The highest BCUT2D eigenvalue weighted by molar-refractivity contribution is 6.00. The second-order valence-corrected chi connectivity index (χ2v) is 6.34. The molecule has 3 rings (SSSR count). The molecule has 0 bridgehead atoms. The van der Waals surface area contributed by atoms with Crippen molar-refractivity contribution in [2.24, 2.45) is 5.92 Å². The van der Waals surface area contributed by atoms with Crippen LogP contribution in [-0.2, 0) is 9.59 Å². The van der Waals surface area contributed by atoms with Gasteiger partial charge in [0.05, 0.1) is 11.6 Å². The van der Waals surface area contributed by atoms with Crippen molar-refractivity contribution < 1.29 is 22.8 Å². The quantitative estimate of drug-likeness (QED) is 0.777. The summed E-state index contributed by atoms with van der Waals surface area (Å²) in [5.74, 6) is -5.44. The molecule has 0 saturated carbocycles. The summed E-state index contributed by atoms with van der Waals surface area (Å²) in [6.45, 7) is 1.34. The van der Waals surface area contributed by atoms with Crippen LogP contribution >= 0.6 is 0 Å². The summed E-state index contributed by atoms with van der Waals surface area (Å²) >= 11 is 0. The van der Waals surface area contributed by atoms with Gasteiger partial charge in [0, 0.05) is 26.1 Å². The van der Waals surface area contributed by atoms with Crippen LogP contribution in [0.25, 0.3) is 0 Å². The summed E-state index contributed by atoms with van der Waals surface area (Å²) in [6.07, 6.45) is 4.01. The Morgan fingerprint density at radius 1 is 1.00 bits per heavy atom. The molecule has 2 heterocycles. The highest BCUT2D eigenvalue weighted by atomic mass is 19.2. The third kappa shape index (κ3) is 3.12. The van der Waals surface area contributed by atoms with Crippen molar-refractivity contribution in [3.8, 4) is 0 Å². The minimum atomic E-state index is -1.61. The standard InChI is InChI=1S/C17H19F3N2O2/c18-12-5-6-13(16(20)15(12)19)22-10-11(9-14(22)23)17(24)21-7-3-1-2-4-8-21/h5-6,11H,1-4,7-10H2. The van der Waals surface area contributed by atoms with E-state index in [0.29, 0.717) is 13.1 Å². The van der Waals surface area contributed by atoms with E-state index < -0.39 is 29.3 Å². The van der Waals surface area contributed by atoms with Crippen LogP contribution in [0, 0.1) is 23.4 Å². The number of nitrogens with zero attached hydrogens (tertiary/aromatic N) is 2. The van der Waals surface area contributed by atoms with Gasteiger partial charge in [-0.15, -0.1) is 0 Å². The van der Waals surface area contributed by atoms with Crippen LogP contribution in [-0.4, -0.2) is 36.3 Å². The van der Waals surface area contributed by atoms with Gasteiger partial charge in [-0.05, 0) is 25.0 Å². The molecular formula is C17H19F3N2O2. The monoisotopic (exact) mass is 340 g/mol. The Hall–Kier alpha value is -2.05. The molecule has 1 aromatic rings. The van der Waals surface area contributed by atoms with Gasteiger partial charge in [0.2, 0.25) is 11.8 Å². The Balaban J connectivity index is 1.76. The Kier molecular flexibility index (Phi) is 4.78. The van der Waals surface area contributed by atoms with E-state index in [1.165, 1.54) is 0 Å². The average Bonchev–Trinajstić information content (AvgIpc) is 2.78. The zero-order valence-corrected chi connectivity index (χ0v) is 13.2. The number of amides is 2. The topological polar surface area (TPSA) is 40.6 Å². The normalized spacial score (nSPS) is 22.0. The number of rotatable bonds is 2. The number of halogens is 3. The van der Waals surface area contributed by atoms with Gasteiger partial charge in [-0.3, -0.25) is 9.59 Å². The Labute approximate surface area is 138 Å². The molecule has 1 atom stereocenters. The summed E-state index contributed by atoms with van der Waals surface area (Å²) in [5, 5.41) is 0. The van der Waals surface area contributed by atoms with Gasteiger partial charge >= 0.3 is 0 Å². The SMILES string of the molecule is O=C(C1CC(=O)N(c2ccc(F)c(F)c2F)C1)N1CCCCCC1. The molecule has 2 fully saturated rings. The number of carbonyl (C=O) groups excluding carboxylic acids is 2. The summed E-state index contributed by atoms with van der Waals surface area (Å²) < 4.78 is 40.4. The molecule has 2 amide bonds. The average molecular weight is 340 g/mol. The first-order chi connectivity index (χ1) is 11.5. The number of likely N-dealkylation sites (tertiary alicyclic amines) is 1. The molecule has 24 heavy (non-hydrogen) atoms. The number of carbonyl (C=O) groups is 2.